The van der Waals surface area contributed by atoms with Crippen molar-refractivity contribution >= 4 is 33.4 Å². The second-order valence-electron chi connectivity index (χ2n) is 6.25. The molecule has 5 heteroatoms. The molecule has 4 nitrogen and oxygen atoms in total. The SMILES string of the molecule is O=C(Nc1cccc(Br)c1)C1(C(=O)N2CCCCCC2)CC1. The van der Waals surface area contributed by atoms with Crippen molar-refractivity contribution in [2.45, 2.75) is 38.5 Å². The average Bonchev–Trinajstić information content (AvgIpc) is 3.32. The summed E-state index contributed by atoms with van der Waals surface area (Å²) in [7, 11) is 0. The number of amides is 2. The first-order valence-corrected chi connectivity index (χ1v) is 8.77. The third kappa shape index (κ3) is 3.19. The Bertz CT molecular complexity index is 576. The van der Waals surface area contributed by atoms with Gasteiger partial charge in [-0.05, 0) is 43.9 Å². The maximum Gasteiger partial charge on any atom is 0.240 e. The number of anilines is 1. The van der Waals surface area contributed by atoms with E-state index in [-0.39, 0.29) is 11.8 Å². The van der Waals surface area contributed by atoms with Gasteiger partial charge in [0.15, 0.2) is 0 Å². The van der Waals surface area contributed by atoms with Crippen LogP contribution in [0.4, 0.5) is 5.69 Å². The predicted octanol–water partition coefficient (Wildman–Crippen LogP) is 3.57. The van der Waals surface area contributed by atoms with Crippen LogP contribution < -0.4 is 5.32 Å². The molecule has 1 saturated heterocycles. The number of carbonyl (C=O) groups is 2. The molecule has 118 valence electrons. The van der Waals surface area contributed by atoms with Crippen LogP contribution in [0.5, 0.6) is 0 Å². The molecule has 1 aliphatic carbocycles. The van der Waals surface area contributed by atoms with Crippen LogP contribution in [0.1, 0.15) is 38.5 Å². The molecule has 1 heterocycles. The Morgan fingerprint density at radius 1 is 1.09 bits per heavy atom. The number of carbonyl (C=O) groups excluding carboxylic acids is 2. The number of halogens is 1. The van der Waals surface area contributed by atoms with E-state index >= 15 is 0 Å². The van der Waals surface area contributed by atoms with Crippen LogP contribution in [-0.4, -0.2) is 29.8 Å². The van der Waals surface area contributed by atoms with Gasteiger partial charge >= 0.3 is 0 Å². The van der Waals surface area contributed by atoms with Crippen LogP contribution in [0.2, 0.25) is 0 Å². The van der Waals surface area contributed by atoms with E-state index in [1.807, 2.05) is 29.2 Å². The molecule has 1 saturated carbocycles. The second kappa shape index (κ2) is 6.41. The smallest absolute Gasteiger partial charge is 0.240 e. The summed E-state index contributed by atoms with van der Waals surface area (Å²) in [5.41, 5.74) is -0.0820. The molecule has 1 aliphatic heterocycles. The van der Waals surface area contributed by atoms with Crippen LogP contribution in [0.25, 0.3) is 0 Å². The highest BCUT2D eigenvalue weighted by molar-refractivity contribution is 9.10. The third-order valence-electron chi connectivity index (χ3n) is 4.57. The Balaban J connectivity index is 1.69. The fourth-order valence-corrected chi connectivity index (χ4v) is 3.46. The Labute approximate surface area is 139 Å². The molecule has 1 aromatic carbocycles. The number of nitrogens with one attached hydrogen (secondary N) is 1. The lowest BCUT2D eigenvalue weighted by Gasteiger charge is -2.25. The van der Waals surface area contributed by atoms with Gasteiger partial charge in [-0.2, -0.15) is 0 Å². The van der Waals surface area contributed by atoms with E-state index in [0.717, 1.165) is 36.1 Å². The highest BCUT2D eigenvalue weighted by atomic mass is 79.9. The monoisotopic (exact) mass is 364 g/mol. The Morgan fingerprint density at radius 2 is 1.77 bits per heavy atom. The van der Waals surface area contributed by atoms with Gasteiger partial charge in [-0.25, -0.2) is 0 Å². The summed E-state index contributed by atoms with van der Waals surface area (Å²) in [4.78, 5) is 27.3. The molecule has 0 radical (unpaired) electrons. The maximum absolute atomic E-state index is 12.8. The summed E-state index contributed by atoms with van der Waals surface area (Å²) in [5, 5.41) is 2.90. The lowest BCUT2D eigenvalue weighted by Crippen LogP contribution is -2.43. The quantitative estimate of drug-likeness (QED) is 0.833. The zero-order chi connectivity index (χ0) is 15.6. The van der Waals surface area contributed by atoms with Crippen LogP contribution in [-0.2, 0) is 9.59 Å². The molecule has 2 fully saturated rings. The Hall–Kier alpha value is -1.36. The maximum atomic E-state index is 12.8. The molecule has 1 N–H and O–H groups in total. The average molecular weight is 365 g/mol. The van der Waals surface area contributed by atoms with E-state index in [9.17, 15) is 9.59 Å². The van der Waals surface area contributed by atoms with Crippen molar-refractivity contribution in [1.29, 1.82) is 0 Å². The summed E-state index contributed by atoms with van der Waals surface area (Å²) in [6.07, 6.45) is 5.80. The van der Waals surface area contributed by atoms with E-state index in [0.29, 0.717) is 12.8 Å². The van der Waals surface area contributed by atoms with Crippen molar-refractivity contribution in [1.82, 2.24) is 4.90 Å². The molecule has 0 aromatic heterocycles. The van der Waals surface area contributed by atoms with E-state index in [1.165, 1.54) is 12.8 Å². The lowest BCUT2D eigenvalue weighted by molar-refractivity contribution is -0.142. The van der Waals surface area contributed by atoms with Crippen LogP contribution in [0, 0.1) is 5.41 Å². The van der Waals surface area contributed by atoms with E-state index < -0.39 is 5.41 Å². The van der Waals surface area contributed by atoms with Gasteiger partial charge in [0.2, 0.25) is 11.8 Å². The van der Waals surface area contributed by atoms with E-state index in [2.05, 4.69) is 21.2 Å². The molecule has 22 heavy (non-hydrogen) atoms. The fraction of sp³-hybridized carbons (Fsp3) is 0.529. The minimum absolute atomic E-state index is 0.0295. The predicted molar refractivity (Wildman–Crippen MR) is 89.5 cm³/mol. The van der Waals surface area contributed by atoms with Crippen molar-refractivity contribution < 1.29 is 9.59 Å². The Morgan fingerprint density at radius 3 is 2.36 bits per heavy atom. The molecule has 0 bridgehead atoms. The first-order chi connectivity index (χ1) is 10.6. The minimum atomic E-state index is -0.813. The molecule has 0 unspecified atom stereocenters. The van der Waals surface area contributed by atoms with Gasteiger partial charge in [-0.15, -0.1) is 0 Å². The number of hydrogen-bond donors (Lipinski definition) is 1. The van der Waals surface area contributed by atoms with Crippen LogP contribution in [0.15, 0.2) is 28.7 Å². The van der Waals surface area contributed by atoms with Crippen LogP contribution >= 0.6 is 15.9 Å². The van der Waals surface area contributed by atoms with Gasteiger partial charge in [-0.1, -0.05) is 34.8 Å². The number of benzene rings is 1. The van der Waals surface area contributed by atoms with Gasteiger partial charge < -0.3 is 10.2 Å². The van der Waals surface area contributed by atoms with Gasteiger partial charge in [0.05, 0.1) is 0 Å². The normalized spacial score (nSPS) is 20.1. The van der Waals surface area contributed by atoms with E-state index in [4.69, 9.17) is 0 Å². The second-order valence-corrected chi connectivity index (χ2v) is 7.17. The van der Waals surface area contributed by atoms with E-state index in [1.54, 1.807) is 0 Å². The molecular formula is C17H21BrN2O2. The van der Waals surface area contributed by atoms with Crippen molar-refractivity contribution in [2.75, 3.05) is 18.4 Å². The van der Waals surface area contributed by atoms with Crippen LogP contribution in [0.3, 0.4) is 0 Å². The minimum Gasteiger partial charge on any atom is -0.342 e. The largest absolute Gasteiger partial charge is 0.342 e. The number of hydrogen-bond acceptors (Lipinski definition) is 2. The van der Waals surface area contributed by atoms with Crippen molar-refractivity contribution in [3.63, 3.8) is 0 Å². The highest BCUT2D eigenvalue weighted by Gasteiger charge is 2.57. The summed E-state index contributed by atoms with van der Waals surface area (Å²) in [5.74, 6) is -0.123. The number of rotatable bonds is 3. The Kier molecular flexibility index (Phi) is 4.52. The lowest BCUT2D eigenvalue weighted by atomic mass is 10.0. The standard InChI is InChI=1S/C17H21BrN2O2/c18-13-6-5-7-14(12-13)19-15(21)17(8-9-17)16(22)20-10-3-1-2-4-11-20/h5-7,12H,1-4,8-11H2,(H,19,21). The third-order valence-corrected chi connectivity index (χ3v) is 5.06. The molecule has 3 rings (SSSR count). The van der Waals surface area contributed by atoms with Gasteiger partial charge in [0, 0.05) is 23.2 Å². The zero-order valence-electron chi connectivity index (χ0n) is 12.6. The summed E-state index contributed by atoms with van der Waals surface area (Å²) < 4.78 is 0.911. The molecule has 2 amide bonds. The number of likely N-dealkylation sites (tertiary alicyclic amines) is 1. The topological polar surface area (TPSA) is 49.4 Å². The van der Waals surface area contributed by atoms with Crippen molar-refractivity contribution in [3.05, 3.63) is 28.7 Å². The molecular weight excluding hydrogens is 344 g/mol. The first-order valence-electron chi connectivity index (χ1n) is 7.98. The summed E-state index contributed by atoms with van der Waals surface area (Å²) in [6.45, 7) is 1.59. The molecule has 2 aliphatic rings. The first kappa shape index (κ1) is 15.5. The fourth-order valence-electron chi connectivity index (χ4n) is 3.06. The summed E-state index contributed by atoms with van der Waals surface area (Å²) >= 11 is 3.39. The van der Waals surface area contributed by atoms with Gasteiger partial charge in [0.1, 0.15) is 5.41 Å². The molecule has 1 aromatic rings. The zero-order valence-corrected chi connectivity index (χ0v) is 14.2. The highest BCUT2D eigenvalue weighted by Crippen LogP contribution is 2.48. The van der Waals surface area contributed by atoms with Gasteiger partial charge in [0.25, 0.3) is 0 Å². The van der Waals surface area contributed by atoms with Crippen molar-refractivity contribution in [3.8, 4) is 0 Å². The number of nitrogens with zero attached hydrogens (tertiary/aromatic N) is 1. The molecule has 0 spiro atoms. The molecule has 0 atom stereocenters. The summed E-state index contributed by atoms with van der Waals surface area (Å²) in [6, 6.07) is 7.47. The van der Waals surface area contributed by atoms with Gasteiger partial charge in [-0.3, -0.25) is 9.59 Å². The van der Waals surface area contributed by atoms with Crippen molar-refractivity contribution in [2.24, 2.45) is 5.41 Å².